The molecule has 2 rings (SSSR count). The lowest BCUT2D eigenvalue weighted by Crippen LogP contribution is -2.28. The molecule has 0 heterocycles. The zero-order chi connectivity index (χ0) is 14.7. The molecule has 2 aromatic rings. The van der Waals surface area contributed by atoms with Crippen LogP contribution in [0.5, 0.6) is 0 Å². The normalized spacial score (nSPS) is 14.1. The molecular weight excluding hydrogens is 328 g/mol. The van der Waals surface area contributed by atoms with E-state index in [0.29, 0.717) is 15.6 Å². The van der Waals surface area contributed by atoms with Gasteiger partial charge in [0.05, 0.1) is 6.10 Å². The van der Waals surface area contributed by atoms with Gasteiger partial charge in [0.2, 0.25) is 0 Å². The highest BCUT2D eigenvalue weighted by Crippen LogP contribution is 2.33. The van der Waals surface area contributed by atoms with E-state index in [1.54, 1.807) is 18.2 Å². The third kappa shape index (κ3) is 3.23. The smallest absolute Gasteiger partial charge is 0.124 e. The molecule has 0 saturated heterocycles. The number of aliphatic hydroxyl groups excluding tert-OH is 1. The van der Waals surface area contributed by atoms with Crippen LogP contribution in [0.1, 0.15) is 17.0 Å². The molecule has 106 valence electrons. The standard InChI is InChI=1S/C15H14BrF2NO/c16-13-7-11(18)4-5-12(13)15(14(20)8-19)9-2-1-3-10(17)6-9/h1-7,14-15,20H,8,19H2/t14-,15+/m0/s1. The van der Waals surface area contributed by atoms with Crippen molar-refractivity contribution < 1.29 is 13.9 Å². The molecule has 0 aromatic heterocycles. The Bertz CT molecular complexity index is 606. The van der Waals surface area contributed by atoms with Gasteiger partial charge < -0.3 is 10.8 Å². The maximum atomic E-state index is 13.4. The minimum Gasteiger partial charge on any atom is -0.391 e. The van der Waals surface area contributed by atoms with Crippen molar-refractivity contribution in [2.45, 2.75) is 12.0 Å². The lowest BCUT2D eigenvalue weighted by molar-refractivity contribution is 0.164. The molecule has 0 radical (unpaired) electrons. The highest BCUT2D eigenvalue weighted by molar-refractivity contribution is 9.10. The first-order valence-electron chi connectivity index (χ1n) is 6.11. The molecule has 2 atom stereocenters. The van der Waals surface area contributed by atoms with Crippen molar-refractivity contribution in [3.63, 3.8) is 0 Å². The van der Waals surface area contributed by atoms with Gasteiger partial charge in [-0.05, 0) is 35.4 Å². The quantitative estimate of drug-likeness (QED) is 0.897. The Balaban J connectivity index is 2.53. The van der Waals surface area contributed by atoms with E-state index in [1.807, 2.05) is 0 Å². The molecule has 0 spiro atoms. The van der Waals surface area contributed by atoms with Gasteiger partial charge in [0.1, 0.15) is 11.6 Å². The summed E-state index contributed by atoms with van der Waals surface area (Å²) in [6.07, 6.45) is -0.890. The predicted molar refractivity (Wildman–Crippen MR) is 77.4 cm³/mol. The summed E-state index contributed by atoms with van der Waals surface area (Å²) in [5, 5.41) is 10.1. The van der Waals surface area contributed by atoms with E-state index in [0.717, 1.165) is 0 Å². The molecule has 0 aliphatic rings. The van der Waals surface area contributed by atoms with E-state index >= 15 is 0 Å². The van der Waals surface area contributed by atoms with Crippen LogP contribution in [-0.4, -0.2) is 17.8 Å². The van der Waals surface area contributed by atoms with Crippen molar-refractivity contribution in [1.82, 2.24) is 0 Å². The fraction of sp³-hybridized carbons (Fsp3) is 0.200. The minimum absolute atomic E-state index is 0.0188. The number of halogens is 3. The summed E-state index contributed by atoms with van der Waals surface area (Å²) in [4.78, 5) is 0. The molecule has 0 bridgehead atoms. The van der Waals surface area contributed by atoms with E-state index in [1.165, 1.54) is 24.3 Å². The average Bonchev–Trinajstić information content (AvgIpc) is 2.41. The van der Waals surface area contributed by atoms with Gasteiger partial charge in [-0.15, -0.1) is 0 Å². The van der Waals surface area contributed by atoms with Gasteiger partial charge in [-0.25, -0.2) is 8.78 Å². The summed E-state index contributed by atoms with van der Waals surface area (Å²) in [7, 11) is 0. The molecule has 2 nitrogen and oxygen atoms in total. The molecule has 0 fully saturated rings. The third-order valence-corrected chi connectivity index (χ3v) is 3.82. The van der Waals surface area contributed by atoms with Crippen LogP contribution in [0.15, 0.2) is 46.9 Å². The molecule has 0 aliphatic carbocycles. The van der Waals surface area contributed by atoms with E-state index in [-0.39, 0.29) is 12.4 Å². The van der Waals surface area contributed by atoms with Gasteiger partial charge in [-0.2, -0.15) is 0 Å². The van der Waals surface area contributed by atoms with Gasteiger partial charge in [0.15, 0.2) is 0 Å². The molecule has 3 N–H and O–H groups in total. The maximum Gasteiger partial charge on any atom is 0.124 e. The Hall–Kier alpha value is -1.30. The third-order valence-electron chi connectivity index (χ3n) is 3.13. The second-order valence-electron chi connectivity index (χ2n) is 4.50. The minimum atomic E-state index is -0.890. The van der Waals surface area contributed by atoms with Gasteiger partial charge >= 0.3 is 0 Å². The van der Waals surface area contributed by atoms with Crippen LogP contribution < -0.4 is 5.73 Å². The van der Waals surface area contributed by atoms with E-state index in [9.17, 15) is 13.9 Å². The summed E-state index contributed by atoms with van der Waals surface area (Å²) in [6, 6.07) is 10.1. The topological polar surface area (TPSA) is 46.2 Å². The number of hydrogen-bond donors (Lipinski definition) is 2. The van der Waals surface area contributed by atoms with E-state index < -0.39 is 17.8 Å². The van der Waals surface area contributed by atoms with Crippen LogP contribution >= 0.6 is 15.9 Å². The van der Waals surface area contributed by atoms with Gasteiger partial charge in [-0.1, -0.05) is 34.1 Å². The average molecular weight is 342 g/mol. The van der Waals surface area contributed by atoms with Crippen molar-refractivity contribution in [2.24, 2.45) is 5.73 Å². The molecule has 0 aliphatic heterocycles. The summed E-state index contributed by atoms with van der Waals surface area (Å²) in [5.41, 5.74) is 6.79. The zero-order valence-electron chi connectivity index (χ0n) is 10.6. The summed E-state index contributed by atoms with van der Waals surface area (Å²) < 4.78 is 27.1. The Morgan fingerprint density at radius 3 is 2.40 bits per heavy atom. The second-order valence-corrected chi connectivity index (χ2v) is 5.36. The van der Waals surface area contributed by atoms with Gasteiger partial charge in [0, 0.05) is 16.9 Å². The van der Waals surface area contributed by atoms with Crippen molar-refractivity contribution in [2.75, 3.05) is 6.54 Å². The Morgan fingerprint density at radius 2 is 1.80 bits per heavy atom. The molecule has 2 aromatic carbocycles. The van der Waals surface area contributed by atoms with Crippen LogP contribution in [0.3, 0.4) is 0 Å². The molecular formula is C15H14BrF2NO. The largest absolute Gasteiger partial charge is 0.391 e. The van der Waals surface area contributed by atoms with Crippen LogP contribution in [-0.2, 0) is 0 Å². The molecule has 5 heteroatoms. The molecule has 0 saturated carbocycles. The lowest BCUT2D eigenvalue weighted by atomic mass is 9.86. The van der Waals surface area contributed by atoms with Crippen LogP contribution in [0.4, 0.5) is 8.78 Å². The summed E-state index contributed by atoms with van der Waals surface area (Å²) in [6.45, 7) is 0.0188. The SMILES string of the molecule is NC[C@H](O)[C@H](c1cccc(F)c1)c1ccc(F)cc1Br. The van der Waals surface area contributed by atoms with Crippen LogP contribution in [0.25, 0.3) is 0 Å². The first-order valence-corrected chi connectivity index (χ1v) is 6.90. The second kappa shape index (κ2) is 6.43. The molecule has 20 heavy (non-hydrogen) atoms. The van der Waals surface area contributed by atoms with Crippen LogP contribution in [0.2, 0.25) is 0 Å². The monoisotopic (exact) mass is 341 g/mol. The van der Waals surface area contributed by atoms with E-state index in [2.05, 4.69) is 15.9 Å². The first kappa shape index (κ1) is 15.1. The lowest BCUT2D eigenvalue weighted by Gasteiger charge is -2.24. The fourth-order valence-corrected chi connectivity index (χ4v) is 2.80. The maximum absolute atomic E-state index is 13.4. The van der Waals surface area contributed by atoms with Crippen molar-refractivity contribution in [3.05, 3.63) is 69.7 Å². The predicted octanol–water partition coefficient (Wildman–Crippen LogP) is 3.18. The molecule has 0 amide bonds. The van der Waals surface area contributed by atoms with Crippen molar-refractivity contribution in [1.29, 1.82) is 0 Å². The Morgan fingerprint density at radius 1 is 1.10 bits per heavy atom. The highest BCUT2D eigenvalue weighted by atomic mass is 79.9. The summed E-state index contributed by atoms with van der Waals surface area (Å²) in [5.74, 6) is -1.30. The first-order chi connectivity index (χ1) is 9.52. The number of benzene rings is 2. The summed E-state index contributed by atoms with van der Waals surface area (Å²) >= 11 is 3.28. The Labute approximate surface area is 124 Å². The van der Waals surface area contributed by atoms with Gasteiger partial charge in [-0.3, -0.25) is 0 Å². The van der Waals surface area contributed by atoms with Crippen molar-refractivity contribution >= 4 is 15.9 Å². The number of nitrogens with two attached hydrogens (primary N) is 1. The highest BCUT2D eigenvalue weighted by Gasteiger charge is 2.24. The van der Waals surface area contributed by atoms with Gasteiger partial charge in [0.25, 0.3) is 0 Å². The van der Waals surface area contributed by atoms with Crippen LogP contribution in [0, 0.1) is 11.6 Å². The van der Waals surface area contributed by atoms with Crippen molar-refractivity contribution in [3.8, 4) is 0 Å². The Kier molecular flexibility index (Phi) is 4.86. The number of hydrogen-bond acceptors (Lipinski definition) is 2. The fourth-order valence-electron chi connectivity index (χ4n) is 2.20. The molecule has 0 unspecified atom stereocenters. The van der Waals surface area contributed by atoms with E-state index in [4.69, 9.17) is 5.73 Å². The zero-order valence-corrected chi connectivity index (χ0v) is 12.1. The number of rotatable bonds is 4. The number of aliphatic hydroxyl groups is 1.